The Bertz CT molecular complexity index is 3070. The van der Waals surface area contributed by atoms with Crippen molar-refractivity contribution in [3.63, 3.8) is 0 Å². The van der Waals surface area contributed by atoms with Crippen molar-refractivity contribution >= 4 is 80.5 Å². The van der Waals surface area contributed by atoms with Gasteiger partial charge in [0.25, 0.3) is 11.4 Å². The number of nitro benzene ring substituents is 2. The van der Waals surface area contributed by atoms with E-state index in [2.05, 4.69) is 134 Å². The first kappa shape index (κ1) is 40.7. The zero-order chi connectivity index (χ0) is 43.8. The van der Waals surface area contributed by atoms with Gasteiger partial charge in [-0.15, -0.1) is 0 Å². The van der Waals surface area contributed by atoms with Gasteiger partial charge in [-0.2, -0.15) is 0 Å². The van der Waals surface area contributed by atoms with Crippen molar-refractivity contribution in [3.8, 4) is 0 Å². The number of non-ortho nitro benzene ring substituents is 2. The van der Waals surface area contributed by atoms with Gasteiger partial charge in [0.2, 0.25) is 0 Å². The van der Waals surface area contributed by atoms with Crippen molar-refractivity contribution in [2.75, 3.05) is 0 Å². The SMILES string of the molecule is O=[N+]([O-])c1ccc(C(=Cc2ccccc2C=Cc2cc3cc4ccccc4cc3cc2C=Cc2ccccc2C=C(c2ccccc2)c2ccc([N+](=O)[O-])cc2)c2ccccc2)cc1. The Balaban J connectivity index is 1.14. The summed E-state index contributed by atoms with van der Waals surface area (Å²) in [6.45, 7) is 0. The maximum absolute atomic E-state index is 11.5. The molecule has 0 atom stereocenters. The van der Waals surface area contributed by atoms with Crippen LogP contribution < -0.4 is 0 Å². The third-order valence-corrected chi connectivity index (χ3v) is 11.3. The van der Waals surface area contributed by atoms with E-state index in [-0.39, 0.29) is 21.2 Å². The van der Waals surface area contributed by atoms with E-state index in [0.717, 1.165) is 77.6 Å². The number of nitro groups is 2. The van der Waals surface area contributed by atoms with Crippen molar-refractivity contribution in [3.05, 3.63) is 282 Å². The van der Waals surface area contributed by atoms with E-state index in [1.54, 1.807) is 48.5 Å². The number of fused-ring (bicyclic) bond motifs is 2. The second-order valence-corrected chi connectivity index (χ2v) is 15.4. The summed E-state index contributed by atoms with van der Waals surface area (Å²) in [5.41, 5.74) is 11.9. The van der Waals surface area contributed by atoms with Crippen LogP contribution in [-0.4, -0.2) is 9.85 Å². The minimum absolute atomic E-state index is 0.0480. The highest BCUT2D eigenvalue weighted by Gasteiger charge is 2.13. The molecule has 0 saturated carbocycles. The molecule has 0 unspecified atom stereocenters. The Morgan fingerprint density at radius 2 is 0.625 bits per heavy atom. The van der Waals surface area contributed by atoms with Crippen molar-refractivity contribution in [1.29, 1.82) is 0 Å². The second-order valence-electron chi connectivity index (χ2n) is 15.4. The molecule has 0 aliphatic heterocycles. The van der Waals surface area contributed by atoms with Gasteiger partial charge in [0.15, 0.2) is 0 Å². The van der Waals surface area contributed by atoms with Crippen LogP contribution in [0.1, 0.15) is 55.6 Å². The van der Waals surface area contributed by atoms with Gasteiger partial charge in [0.1, 0.15) is 0 Å². The fraction of sp³-hybridized carbons (Fsp3) is 0. The zero-order valence-electron chi connectivity index (χ0n) is 34.6. The summed E-state index contributed by atoms with van der Waals surface area (Å²) in [7, 11) is 0. The number of rotatable bonds is 12. The quantitative estimate of drug-likeness (QED) is 0.0531. The second kappa shape index (κ2) is 18.5. The highest BCUT2D eigenvalue weighted by atomic mass is 16.6. The number of hydrogen-bond acceptors (Lipinski definition) is 4. The van der Waals surface area contributed by atoms with Crippen molar-refractivity contribution in [1.82, 2.24) is 0 Å². The molecule has 0 spiro atoms. The van der Waals surface area contributed by atoms with E-state index < -0.39 is 0 Å². The van der Waals surface area contributed by atoms with Gasteiger partial charge in [-0.1, -0.05) is 158 Å². The summed E-state index contributed by atoms with van der Waals surface area (Å²) < 4.78 is 0. The van der Waals surface area contributed by atoms with Crippen LogP contribution in [0, 0.1) is 20.2 Å². The molecule has 6 heteroatoms. The molecule has 0 radical (unpaired) electrons. The molecule has 306 valence electrons. The molecule has 64 heavy (non-hydrogen) atoms. The topological polar surface area (TPSA) is 86.3 Å². The molecular formula is C58H40N2O4. The molecule has 9 aromatic rings. The minimum Gasteiger partial charge on any atom is -0.258 e. The first-order valence-electron chi connectivity index (χ1n) is 20.9. The third-order valence-electron chi connectivity index (χ3n) is 11.3. The summed E-state index contributed by atoms with van der Waals surface area (Å²) in [6, 6.07) is 67.4. The maximum atomic E-state index is 11.5. The summed E-state index contributed by atoms with van der Waals surface area (Å²) in [5.74, 6) is 0. The lowest BCUT2D eigenvalue weighted by atomic mass is 9.93. The van der Waals surface area contributed by atoms with Crippen LogP contribution in [0.15, 0.2) is 206 Å². The average Bonchev–Trinajstić information content (AvgIpc) is 3.34. The normalized spacial score (nSPS) is 12.1. The van der Waals surface area contributed by atoms with E-state index in [1.165, 1.54) is 10.8 Å². The molecular weight excluding hydrogens is 789 g/mol. The third kappa shape index (κ3) is 9.12. The molecule has 0 heterocycles. The van der Waals surface area contributed by atoms with Crippen LogP contribution in [0.2, 0.25) is 0 Å². The summed E-state index contributed by atoms with van der Waals surface area (Å²) in [4.78, 5) is 22.2. The van der Waals surface area contributed by atoms with E-state index >= 15 is 0 Å². The Morgan fingerprint density at radius 1 is 0.312 bits per heavy atom. The van der Waals surface area contributed by atoms with E-state index in [9.17, 15) is 20.2 Å². The van der Waals surface area contributed by atoms with E-state index in [0.29, 0.717) is 0 Å². The Labute approximate surface area is 371 Å². The van der Waals surface area contributed by atoms with Crippen molar-refractivity contribution < 1.29 is 9.85 Å². The van der Waals surface area contributed by atoms with Crippen LogP contribution in [0.3, 0.4) is 0 Å². The van der Waals surface area contributed by atoms with Crippen LogP contribution in [0.4, 0.5) is 11.4 Å². The number of nitrogens with zero attached hydrogens (tertiary/aromatic N) is 2. The lowest BCUT2D eigenvalue weighted by Gasteiger charge is -2.11. The molecule has 0 aliphatic rings. The molecule has 9 rings (SSSR count). The fourth-order valence-electron chi connectivity index (χ4n) is 8.00. The predicted octanol–water partition coefficient (Wildman–Crippen LogP) is 15.3. The van der Waals surface area contributed by atoms with Gasteiger partial charge in [-0.3, -0.25) is 20.2 Å². The molecule has 6 nitrogen and oxygen atoms in total. The number of benzene rings is 9. The fourth-order valence-corrected chi connectivity index (χ4v) is 8.00. The van der Waals surface area contributed by atoms with Crippen LogP contribution in [0.25, 0.3) is 69.1 Å². The van der Waals surface area contributed by atoms with E-state index in [1.807, 2.05) is 60.7 Å². The summed E-state index contributed by atoms with van der Waals surface area (Å²) >= 11 is 0. The lowest BCUT2D eigenvalue weighted by Crippen LogP contribution is -1.92. The summed E-state index contributed by atoms with van der Waals surface area (Å²) in [5, 5.41) is 27.6. The smallest absolute Gasteiger partial charge is 0.258 e. The first-order valence-corrected chi connectivity index (χ1v) is 20.9. The zero-order valence-corrected chi connectivity index (χ0v) is 34.6. The highest BCUT2D eigenvalue weighted by molar-refractivity contribution is 6.02. The molecule has 0 aromatic heterocycles. The first-order chi connectivity index (χ1) is 31.4. The average molecular weight is 829 g/mol. The molecule has 0 amide bonds. The van der Waals surface area contributed by atoms with Crippen LogP contribution in [0.5, 0.6) is 0 Å². The summed E-state index contributed by atoms with van der Waals surface area (Å²) in [6.07, 6.45) is 12.9. The van der Waals surface area contributed by atoms with Gasteiger partial charge < -0.3 is 0 Å². The van der Waals surface area contributed by atoms with Gasteiger partial charge in [0.05, 0.1) is 9.85 Å². The predicted molar refractivity (Wildman–Crippen MR) is 265 cm³/mol. The lowest BCUT2D eigenvalue weighted by molar-refractivity contribution is -0.385. The van der Waals surface area contributed by atoms with Crippen LogP contribution in [-0.2, 0) is 0 Å². The molecule has 9 aromatic carbocycles. The minimum atomic E-state index is -0.378. The molecule has 0 bridgehead atoms. The molecule has 0 aliphatic carbocycles. The Kier molecular flexibility index (Phi) is 11.7. The van der Waals surface area contributed by atoms with E-state index in [4.69, 9.17) is 0 Å². The Hall–Kier alpha value is -8.74. The molecule has 0 fully saturated rings. The Morgan fingerprint density at radius 3 is 1.00 bits per heavy atom. The molecule has 0 saturated heterocycles. The van der Waals surface area contributed by atoms with Gasteiger partial charge in [-0.05, 0) is 149 Å². The standard InChI is InChI=1S/C58H40N2O4/c61-59(62)55-31-27-45(28-32-55)57(43-15-3-1-4-16-43)39-49-21-9-7-13-41(49)23-25-51-37-53-35-47-19-11-12-20-48(47)36-54(53)38-52(51)26-24-42-14-8-10-22-50(42)40-58(44-17-5-2-6-18-44)46-29-33-56(34-30-46)60(63)64/h1-40H. The van der Waals surface area contributed by atoms with Crippen molar-refractivity contribution in [2.24, 2.45) is 0 Å². The van der Waals surface area contributed by atoms with Crippen LogP contribution >= 0.6 is 0 Å². The number of hydrogen-bond donors (Lipinski definition) is 0. The van der Waals surface area contributed by atoms with Gasteiger partial charge in [0, 0.05) is 24.3 Å². The highest BCUT2D eigenvalue weighted by Crippen LogP contribution is 2.33. The monoisotopic (exact) mass is 828 g/mol. The maximum Gasteiger partial charge on any atom is 0.269 e. The molecule has 0 N–H and O–H groups in total. The van der Waals surface area contributed by atoms with Gasteiger partial charge >= 0.3 is 0 Å². The van der Waals surface area contributed by atoms with Crippen molar-refractivity contribution in [2.45, 2.75) is 0 Å². The van der Waals surface area contributed by atoms with Gasteiger partial charge in [-0.25, -0.2) is 0 Å². The largest absolute Gasteiger partial charge is 0.269 e.